The van der Waals surface area contributed by atoms with Gasteiger partial charge in [0, 0.05) is 18.4 Å². The highest BCUT2D eigenvalue weighted by atomic mass is 19.1. The van der Waals surface area contributed by atoms with Gasteiger partial charge in [0.05, 0.1) is 5.69 Å². The van der Waals surface area contributed by atoms with E-state index in [1.807, 2.05) is 0 Å². The fraction of sp³-hybridized carbons (Fsp3) is 0.143. The van der Waals surface area contributed by atoms with E-state index >= 15 is 0 Å². The minimum Gasteiger partial charge on any atom is -0.399 e. The number of rotatable bonds is 1. The number of halogens is 1. The van der Waals surface area contributed by atoms with Gasteiger partial charge in [0.25, 0.3) is 5.91 Å². The summed E-state index contributed by atoms with van der Waals surface area (Å²) in [5.41, 5.74) is 7.99. The number of anilines is 2. The Bertz CT molecular complexity index is 657. The van der Waals surface area contributed by atoms with Crippen molar-refractivity contribution in [2.45, 2.75) is 6.42 Å². The molecule has 0 unspecified atom stereocenters. The zero-order valence-electron chi connectivity index (χ0n) is 10.1. The summed E-state index contributed by atoms with van der Waals surface area (Å²) in [5, 5.41) is 0. The summed E-state index contributed by atoms with van der Waals surface area (Å²) in [7, 11) is 0. The van der Waals surface area contributed by atoms with Crippen molar-refractivity contribution in [1.29, 1.82) is 0 Å². The number of nitrogen functional groups attached to an aromatic ring is 1. The quantitative estimate of drug-likeness (QED) is 0.850. The number of benzene rings is 1. The number of nitrogens with two attached hydrogens (primary N) is 1. The number of carbonyl (C=O) groups excluding carboxylic acids is 1. The van der Waals surface area contributed by atoms with Crippen LogP contribution >= 0.6 is 0 Å². The third-order valence-electron chi connectivity index (χ3n) is 3.19. The summed E-state index contributed by atoms with van der Waals surface area (Å²) in [6.07, 6.45) is 2.22. The van der Waals surface area contributed by atoms with Gasteiger partial charge in [-0.15, -0.1) is 0 Å². The predicted molar refractivity (Wildman–Crippen MR) is 70.4 cm³/mol. The highest BCUT2D eigenvalue weighted by Gasteiger charge is 2.26. The average Bonchev–Trinajstić information content (AvgIpc) is 2.80. The molecular weight excluding hydrogens is 245 g/mol. The van der Waals surface area contributed by atoms with Gasteiger partial charge in [-0.2, -0.15) is 0 Å². The summed E-state index contributed by atoms with van der Waals surface area (Å²) in [6, 6.07) is 7.65. The molecule has 0 aliphatic carbocycles. The Balaban J connectivity index is 1.97. The predicted octanol–water partition coefficient (Wildman–Crippen LogP) is 2.01. The van der Waals surface area contributed by atoms with Gasteiger partial charge in [-0.3, -0.25) is 9.78 Å². The third kappa shape index (κ3) is 2.03. The molecule has 4 nitrogen and oxygen atoms in total. The molecule has 19 heavy (non-hydrogen) atoms. The van der Waals surface area contributed by atoms with Crippen LogP contribution in [0.3, 0.4) is 0 Å². The van der Waals surface area contributed by atoms with Gasteiger partial charge in [-0.1, -0.05) is 6.07 Å². The maximum Gasteiger partial charge on any atom is 0.276 e. The maximum absolute atomic E-state index is 13.3. The first kappa shape index (κ1) is 11.6. The molecule has 1 aromatic heterocycles. The molecule has 1 aromatic carbocycles. The molecule has 1 aliphatic rings. The number of nitrogens with zero attached hydrogens (tertiary/aromatic N) is 2. The molecule has 96 valence electrons. The molecule has 0 radical (unpaired) electrons. The second kappa shape index (κ2) is 4.35. The fourth-order valence-electron chi connectivity index (χ4n) is 2.27. The van der Waals surface area contributed by atoms with Gasteiger partial charge in [-0.05, 0) is 36.2 Å². The van der Waals surface area contributed by atoms with Crippen LogP contribution < -0.4 is 10.6 Å². The Morgan fingerprint density at radius 3 is 2.95 bits per heavy atom. The summed E-state index contributed by atoms with van der Waals surface area (Å²) in [5.74, 6) is -0.601. The van der Waals surface area contributed by atoms with Gasteiger partial charge in [0.1, 0.15) is 11.5 Å². The van der Waals surface area contributed by atoms with Crippen molar-refractivity contribution in [1.82, 2.24) is 4.98 Å². The molecule has 3 rings (SSSR count). The van der Waals surface area contributed by atoms with Crippen LogP contribution in [-0.2, 0) is 6.42 Å². The SMILES string of the molecule is Nc1ccnc(C(=O)N2CCc3ccc(F)cc32)c1. The van der Waals surface area contributed by atoms with Crippen LogP contribution in [0, 0.1) is 5.82 Å². The molecule has 1 amide bonds. The minimum absolute atomic E-state index is 0.253. The highest BCUT2D eigenvalue weighted by molar-refractivity contribution is 6.06. The van der Waals surface area contributed by atoms with Gasteiger partial charge in [0.15, 0.2) is 0 Å². The van der Waals surface area contributed by atoms with E-state index in [1.54, 1.807) is 17.0 Å². The van der Waals surface area contributed by atoms with Crippen molar-refractivity contribution in [3.05, 3.63) is 53.6 Å². The first-order chi connectivity index (χ1) is 9.15. The van der Waals surface area contributed by atoms with E-state index in [-0.39, 0.29) is 17.4 Å². The number of carbonyl (C=O) groups is 1. The van der Waals surface area contributed by atoms with E-state index in [2.05, 4.69) is 4.98 Å². The maximum atomic E-state index is 13.3. The summed E-state index contributed by atoms with van der Waals surface area (Å²) >= 11 is 0. The second-order valence-corrected chi connectivity index (χ2v) is 4.45. The lowest BCUT2D eigenvalue weighted by Gasteiger charge is -2.16. The monoisotopic (exact) mass is 257 g/mol. The lowest BCUT2D eigenvalue weighted by atomic mass is 10.1. The van der Waals surface area contributed by atoms with Crippen molar-refractivity contribution in [3.8, 4) is 0 Å². The number of aromatic nitrogens is 1. The standard InChI is InChI=1S/C14H12FN3O/c15-10-2-1-9-4-6-18(13(9)7-10)14(19)12-8-11(16)3-5-17-12/h1-3,5,7-8H,4,6H2,(H2,16,17). The first-order valence-corrected chi connectivity index (χ1v) is 5.97. The van der Waals surface area contributed by atoms with Crippen LogP contribution in [0.5, 0.6) is 0 Å². The minimum atomic E-state index is -0.348. The lowest BCUT2D eigenvalue weighted by molar-refractivity contribution is 0.0984. The zero-order chi connectivity index (χ0) is 13.4. The van der Waals surface area contributed by atoms with E-state index in [9.17, 15) is 9.18 Å². The summed E-state index contributed by atoms with van der Waals surface area (Å²) < 4.78 is 13.3. The van der Waals surface area contributed by atoms with Crippen LogP contribution in [-0.4, -0.2) is 17.4 Å². The van der Waals surface area contributed by atoms with E-state index in [0.29, 0.717) is 17.9 Å². The molecule has 2 aromatic rings. The van der Waals surface area contributed by atoms with Crippen LogP contribution in [0.15, 0.2) is 36.5 Å². The number of fused-ring (bicyclic) bond motifs is 1. The second-order valence-electron chi connectivity index (χ2n) is 4.45. The molecule has 0 spiro atoms. The zero-order valence-corrected chi connectivity index (χ0v) is 10.1. The Hall–Kier alpha value is -2.43. The van der Waals surface area contributed by atoms with Crippen LogP contribution in [0.4, 0.5) is 15.8 Å². The van der Waals surface area contributed by atoms with Gasteiger partial charge in [-0.25, -0.2) is 4.39 Å². The van der Waals surface area contributed by atoms with Crippen LogP contribution in [0.2, 0.25) is 0 Å². The molecule has 0 atom stereocenters. The molecule has 0 saturated carbocycles. The van der Waals surface area contributed by atoms with E-state index in [4.69, 9.17) is 5.73 Å². The number of pyridine rings is 1. The van der Waals surface area contributed by atoms with Crippen molar-refractivity contribution < 1.29 is 9.18 Å². The van der Waals surface area contributed by atoms with E-state index in [1.165, 1.54) is 24.4 Å². The van der Waals surface area contributed by atoms with Crippen molar-refractivity contribution in [2.75, 3.05) is 17.2 Å². The van der Waals surface area contributed by atoms with Gasteiger partial charge >= 0.3 is 0 Å². The average molecular weight is 257 g/mol. The number of hydrogen-bond acceptors (Lipinski definition) is 3. The van der Waals surface area contributed by atoms with Crippen molar-refractivity contribution >= 4 is 17.3 Å². The number of amides is 1. The summed E-state index contributed by atoms with van der Waals surface area (Å²) in [6.45, 7) is 0.536. The highest BCUT2D eigenvalue weighted by Crippen LogP contribution is 2.29. The number of hydrogen-bond donors (Lipinski definition) is 1. The molecule has 0 saturated heterocycles. The topological polar surface area (TPSA) is 59.2 Å². The van der Waals surface area contributed by atoms with Gasteiger partial charge < -0.3 is 10.6 Å². The lowest BCUT2D eigenvalue weighted by Crippen LogP contribution is -2.29. The van der Waals surface area contributed by atoms with Crippen LogP contribution in [0.25, 0.3) is 0 Å². The first-order valence-electron chi connectivity index (χ1n) is 5.97. The largest absolute Gasteiger partial charge is 0.399 e. The molecule has 1 aliphatic heterocycles. The molecule has 0 fully saturated rings. The Kier molecular flexibility index (Phi) is 2.67. The molecule has 5 heteroatoms. The Labute approximate surface area is 109 Å². The Morgan fingerprint density at radius 2 is 2.16 bits per heavy atom. The third-order valence-corrected chi connectivity index (χ3v) is 3.19. The van der Waals surface area contributed by atoms with Crippen molar-refractivity contribution in [3.63, 3.8) is 0 Å². The molecule has 2 N–H and O–H groups in total. The normalized spacial score (nSPS) is 13.4. The smallest absolute Gasteiger partial charge is 0.276 e. The fourth-order valence-corrected chi connectivity index (χ4v) is 2.27. The van der Waals surface area contributed by atoms with E-state index in [0.717, 1.165) is 12.0 Å². The molecule has 2 heterocycles. The molecule has 0 bridgehead atoms. The van der Waals surface area contributed by atoms with E-state index < -0.39 is 0 Å². The summed E-state index contributed by atoms with van der Waals surface area (Å²) in [4.78, 5) is 17.9. The molecular formula is C14H12FN3O. The van der Waals surface area contributed by atoms with Crippen molar-refractivity contribution in [2.24, 2.45) is 0 Å². The van der Waals surface area contributed by atoms with Crippen LogP contribution in [0.1, 0.15) is 16.1 Å². The van der Waals surface area contributed by atoms with Gasteiger partial charge in [0.2, 0.25) is 0 Å². The Morgan fingerprint density at radius 1 is 1.32 bits per heavy atom.